The smallest absolute Gasteiger partial charge is 0.133 e. The standard InChI is InChI=1S/C10H16N2.3C10H15N.C9H13N.C8H12N2.3C7H12N2/c1-10(2,3)8-5-6-9(11-4)12-7-8;2*1-8-5-6-9(7-11-8)10(2,3)4;1-8-6-5-7-9(11-8)10(2,3)4;1-9(2,3)8-6-4-5-7-10-8;1-8(2,3)7-9-5-4-6-10-7;1-7(2,3)9-5-4-8-6-9;1-7(2,3)6-8-4-5-9-6;1-7(2,3)9-6-4-5-8-9/h5-7H,1-4H3,(H,11,12);3*5-7H,1-4H3;4-7H,1-3H3;4-6H,1-3H3;4-6H,1-3H3;4-5H,1-3H3,(H,8,9);4-6H,1-3H3. The maximum Gasteiger partial charge on any atom is 0.133 e. The Morgan fingerprint density at radius 2 is 0.859 bits per heavy atom. The number of anilines is 1. The first-order valence-corrected chi connectivity index (χ1v) is 32.2. The van der Waals surface area contributed by atoms with Gasteiger partial charge in [0, 0.05) is 137 Å². The Morgan fingerprint density at radius 1 is 0.370 bits per heavy atom. The van der Waals surface area contributed by atoms with E-state index < -0.39 is 0 Å². The maximum absolute atomic E-state index is 4.44. The Labute approximate surface area is 558 Å². The van der Waals surface area contributed by atoms with E-state index >= 15 is 0 Å². The molecular formula is C78H122N14. The predicted molar refractivity (Wildman–Crippen MR) is 391 cm³/mol. The summed E-state index contributed by atoms with van der Waals surface area (Å²) in [6, 6.07) is 28.4. The van der Waals surface area contributed by atoms with Gasteiger partial charge in [-0.25, -0.2) is 24.9 Å². The fraction of sp³-hybridized carbons (Fsp3) is 0.513. The van der Waals surface area contributed by atoms with Crippen LogP contribution in [0.2, 0.25) is 0 Å². The fourth-order valence-electron chi connectivity index (χ4n) is 7.26. The molecule has 0 amide bonds. The van der Waals surface area contributed by atoms with Crippen molar-refractivity contribution in [1.82, 2.24) is 64.2 Å². The van der Waals surface area contributed by atoms with Crippen LogP contribution in [0.5, 0.6) is 0 Å². The second-order valence-electron chi connectivity index (χ2n) is 32.0. The van der Waals surface area contributed by atoms with Crippen molar-refractivity contribution < 1.29 is 0 Å². The van der Waals surface area contributed by atoms with Gasteiger partial charge in [0.15, 0.2) is 0 Å². The van der Waals surface area contributed by atoms with E-state index in [1.807, 2.05) is 119 Å². The highest BCUT2D eigenvalue weighted by atomic mass is 15.3. The number of hydrogen-bond donors (Lipinski definition) is 2. The minimum absolute atomic E-state index is 0.0707. The van der Waals surface area contributed by atoms with Gasteiger partial charge in [0.2, 0.25) is 0 Å². The van der Waals surface area contributed by atoms with E-state index in [-0.39, 0.29) is 49.0 Å². The van der Waals surface area contributed by atoms with Crippen LogP contribution in [0.1, 0.15) is 244 Å². The number of aromatic amines is 1. The average Bonchev–Trinajstić information content (AvgIpc) is 2.08. The highest BCUT2D eigenvalue weighted by molar-refractivity contribution is 5.36. The zero-order valence-electron chi connectivity index (χ0n) is 63.0. The lowest BCUT2D eigenvalue weighted by atomic mass is 9.88. The topological polar surface area (TPSA) is 167 Å². The van der Waals surface area contributed by atoms with Gasteiger partial charge < -0.3 is 14.9 Å². The normalized spacial score (nSPS) is 11.6. The Morgan fingerprint density at radius 3 is 1.11 bits per heavy atom. The van der Waals surface area contributed by atoms with Gasteiger partial charge in [-0.1, -0.05) is 176 Å². The summed E-state index contributed by atoms with van der Waals surface area (Å²) in [7, 11) is 1.87. The van der Waals surface area contributed by atoms with E-state index in [4.69, 9.17) is 0 Å². The molecule has 0 fully saturated rings. The minimum atomic E-state index is 0.0707. The Kier molecular flexibility index (Phi) is 32.6. The molecule has 9 rings (SSSR count). The van der Waals surface area contributed by atoms with Crippen LogP contribution in [-0.4, -0.2) is 71.2 Å². The summed E-state index contributed by atoms with van der Waals surface area (Å²) in [4.78, 5) is 40.9. The van der Waals surface area contributed by atoms with E-state index in [1.54, 1.807) is 31.0 Å². The molecule has 0 saturated carbocycles. The Hall–Kier alpha value is -7.74. The summed E-state index contributed by atoms with van der Waals surface area (Å²) in [5.41, 5.74) is 11.0. The number of aromatic nitrogens is 13. The molecule has 504 valence electrons. The molecule has 92 heavy (non-hydrogen) atoms. The summed E-state index contributed by atoms with van der Waals surface area (Å²) < 4.78 is 4.01. The number of H-pyrrole nitrogens is 1. The lowest BCUT2D eigenvalue weighted by molar-refractivity contribution is 0.355. The van der Waals surface area contributed by atoms with Crippen molar-refractivity contribution in [1.29, 1.82) is 0 Å². The summed E-state index contributed by atoms with van der Waals surface area (Å²) in [5.74, 6) is 2.86. The molecule has 0 radical (unpaired) electrons. The van der Waals surface area contributed by atoms with Crippen molar-refractivity contribution in [2.75, 3.05) is 12.4 Å². The first-order chi connectivity index (χ1) is 42.1. The quantitative estimate of drug-likeness (QED) is 0.161. The number of imidazole rings is 2. The van der Waals surface area contributed by atoms with Gasteiger partial charge in [-0.3, -0.25) is 24.6 Å². The van der Waals surface area contributed by atoms with Crippen LogP contribution in [0, 0.1) is 20.8 Å². The Bertz CT molecular complexity index is 3080. The van der Waals surface area contributed by atoms with Crippen LogP contribution < -0.4 is 5.32 Å². The molecule has 9 heterocycles. The molecule has 0 atom stereocenters. The molecule has 0 saturated heterocycles. The van der Waals surface area contributed by atoms with Gasteiger partial charge in [0.05, 0.1) is 11.9 Å². The summed E-state index contributed by atoms with van der Waals surface area (Å²) in [6.45, 7) is 64.3. The number of hydrogen-bond acceptors (Lipinski definition) is 11. The van der Waals surface area contributed by atoms with Gasteiger partial charge in [0.1, 0.15) is 17.5 Å². The summed E-state index contributed by atoms with van der Waals surface area (Å²) in [6.07, 6.45) is 24.2. The SMILES string of the molecule is CC(C)(C)c1ccccn1.CC(C)(C)c1ncc[nH]1.CC(C)(C)c1ncccn1.CC(C)(C)n1cccn1.CC(C)(C)n1ccnc1.CNc1ccc(C(C)(C)C)cn1.Cc1ccc(C(C)(C)C)cn1.Cc1ccc(C(C)(C)C)cn1.Cc1cccc(C(C)(C)C)n1. The number of nitrogens with zero attached hydrogens (tertiary/aromatic N) is 12. The van der Waals surface area contributed by atoms with E-state index in [1.165, 1.54) is 16.7 Å². The predicted octanol–water partition coefficient (Wildman–Crippen LogP) is 19.6. The number of pyridine rings is 5. The van der Waals surface area contributed by atoms with E-state index in [0.29, 0.717) is 0 Å². The first kappa shape index (κ1) is 82.3. The molecule has 0 aliphatic carbocycles. The van der Waals surface area contributed by atoms with Crippen molar-refractivity contribution in [3.63, 3.8) is 0 Å². The third kappa shape index (κ3) is 34.6. The van der Waals surface area contributed by atoms with Crippen LogP contribution >= 0.6 is 0 Å². The maximum atomic E-state index is 4.44. The molecule has 0 aliphatic rings. The van der Waals surface area contributed by atoms with E-state index in [9.17, 15) is 0 Å². The minimum Gasteiger partial charge on any atom is -0.373 e. The number of aryl methyl sites for hydroxylation is 3. The monoisotopic (exact) mass is 1250 g/mol. The molecule has 9 aromatic rings. The third-order valence-corrected chi connectivity index (χ3v) is 13.4. The van der Waals surface area contributed by atoms with Crippen molar-refractivity contribution in [3.8, 4) is 0 Å². The zero-order chi connectivity index (χ0) is 70.6. The second-order valence-corrected chi connectivity index (χ2v) is 32.0. The molecule has 0 spiro atoms. The zero-order valence-corrected chi connectivity index (χ0v) is 63.0. The molecule has 9 aromatic heterocycles. The molecule has 2 N–H and O–H groups in total. The Balaban J connectivity index is 0.000000518. The summed E-state index contributed by atoms with van der Waals surface area (Å²) >= 11 is 0. The van der Waals surface area contributed by atoms with Crippen LogP contribution in [-0.2, 0) is 49.0 Å². The second kappa shape index (κ2) is 36.5. The van der Waals surface area contributed by atoms with Crippen molar-refractivity contribution in [2.45, 2.75) is 257 Å². The fourth-order valence-corrected chi connectivity index (χ4v) is 7.26. The van der Waals surface area contributed by atoms with Crippen LogP contribution in [0.25, 0.3) is 0 Å². The molecule has 0 aliphatic heterocycles. The molecule has 14 nitrogen and oxygen atoms in total. The largest absolute Gasteiger partial charge is 0.373 e. The molecule has 0 bridgehead atoms. The molecule has 0 unspecified atom stereocenters. The van der Waals surface area contributed by atoms with Gasteiger partial charge >= 0.3 is 0 Å². The van der Waals surface area contributed by atoms with E-state index in [0.717, 1.165) is 45.9 Å². The lowest BCUT2D eigenvalue weighted by Gasteiger charge is -2.19. The van der Waals surface area contributed by atoms with Gasteiger partial charge in [0.25, 0.3) is 0 Å². The third-order valence-electron chi connectivity index (χ3n) is 13.4. The highest BCUT2D eigenvalue weighted by Crippen LogP contribution is 2.25. The summed E-state index contributed by atoms with van der Waals surface area (Å²) in [5, 5.41) is 7.10. The lowest BCUT2D eigenvalue weighted by Crippen LogP contribution is -2.21. The van der Waals surface area contributed by atoms with Crippen LogP contribution in [0.15, 0.2) is 166 Å². The van der Waals surface area contributed by atoms with Crippen molar-refractivity contribution >= 4 is 5.82 Å². The van der Waals surface area contributed by atoms with Gasteiger partial charge in [-0.15, -0.1) is 0 Å². The number of rotatable bonds is 1. The van der Waals surface area contributed by atoms with Crippen molar-refractivity contribution in [3.05, 3.63) is 222 Å². The van der Waals surface area contributed by atoms with Crippen LogP contribution in [0.4, 0.5) is 5.82 Å². The molecular weight excluding hydrogens is 1130 g/mol. The number of nitrogens with one attached hydrogen (secondary N) is 2. The first-order valence-electron chi connectivity index (χ1n) is 32.2. The highest BCUT2D eigenvalue weighted by Gasteiger charge is 2.19. The molecule has 0 aromatic carbocycles. The average molecular weight is 1260 g/mol. The van der Waals surface area contributed by atoms with Gasteiger partial charge in [-0.05, 0) is 150 Å². The molecule has 14 heteroatoms. The van der Waals surface area contributed by atoms with E-state index in [2.05, 4.69) is 300 Å². The van der Waals surface area contributed by atoms with Crippen molar-refractivity contribution in [2.24, 2.45) is 0 Å². The van der Waals surface area contributed by atoms with Crippen LogP contribution in [0.3, 0.4) is 0 Å². The van der Waals surface area contributed by atoms with Gasteiger partial charge in [-0.2, -0.15) is 5.10 Å².